The number of carbonyl (C=O) groups excluding carboxylic acids is 1. The number of piperidine rings is 1. The number of likely N-dealkylation sites (tertiary alicyclic amines) is 1. The van der Waals surface area contributed by atoms with Crippen LogP contribution in [0.3, 0.4) is 0 Å². The van der Waals surface area contributed by atoms with E-state index in [1.807, 2.05) is 0 Å². The van der Waals surface area contributed by atoms with Crippen molar-refractivity contribution in [3.8, 4) is 0 Å². The minimum absolute atomic E-state index is 0.175. The van der Waals surface area contributed by atoms with Crippen molar-refractivity contribution in [3.63, 3.8) is 0 Å². The van der Waals surface area contributed by atoms with Crippen LogP contribution < -0.4 is 10.6 Å². The van der Waals surface area contributed by atoms with Gasteiger partial charge in [0.1, 0.15) is 0 Å². The van der Waals surface area contributed by atoms with Crippen LogP contribution in [0.25, 0.3) is 0 Å². The molecule has 0 aromatic rings. The lowest BCUT2D eigenvalue weighted by molar-refractivity contribution is -0.143. The van der Waals surface area contributed by atoms with Gasteiger partial charge in [0.25, 0.3) is 0 Å². The highest BCUT2D eigenvalue weighted by molar-refractivity contribution is 5.80. The van der Waals surface area contributed by atoms with E-state index in [4.69, 9.17) is 5.11 Å². The standard InChI is InChI=1S/C13H23N3O3/c1-2-16-7-3-4-10(8-16)15-12(19)14-9-13(5-6-13)11(17)18/h10H,2-9H2,1H3,(H,17,18)(H2,14,15,19). The number of aliphatic carboxylic acids is 1. The number of nitrogens with zero attached hydrogens (tertiary/aromatic N) is 1. The Morgan fingerprint density at radius 3 is 2.74 bits per heavy atom. The maximum Gasteiger partial charge on any atom is 0.315 e. The number of urea groups is 1. The molecule has 2 aliphatic rings. The van der Waals surface area contributed by atoms with Gasteiger partial charge in [-0.15, -0.1) is 0 Å². The zero-order chi connectivity index (χ0) is 13.9. The molecule has 0 aromatic carbocycles. The summed E-state index contributed by atoms with van der Waals surface area (Å²) < 4.78 is 0. The van der Waals surface area contributed by atoms with Gasteiger partial charge < -0.3 is 20.6 Å². The lowest BCUT2D eigenvalue weighted by atomic mass is 10.1. The number of carbonyl (C=O) groups is 2. The molecular formula is C13H23N3O3. The normalized spacial score (nSPS) is 25.6. The molecule has 1 heterocycles. The van der Waals surface area contributed by atoms with E-state index in [1.165, 1.54) is 0 Å². The smallest absolute Gasteiger partial charge is 0.315 e. The summed E-state index contributed by atoms with van der Waals surface area (Å²) in [7, 11) is 0. The molecule has 2 fully saturated rings. The summed E-state index contributed by atoms with van der Waals surface area (Å²) in [6.45, 7) is 5.33. The molecule has 0 bridgehead atoms. The minimum atomic E-state index is -0.803. The van der Waals surface area contributed by atoms with Crippen LogP contribution >= 0.6 is 0 Å². The zero-order valence-corrected chi connectivity index (χ0v) is 11.4. The zero-order valence-electron chi connectivity index (χ0n) is 11.4. The average Bonchev–Trinajstić information content (AvgIpc) is 3.18. The van der Waals surface area contributed by atoms with Crippen LogP contribution in [-0.4, -0.2) is 54.2 Å². The van der Waals surface area contributed by atoms with Gasteiger partial charge >= 0.3 is 12.0 Å². The first-order valence-corrected chi connectivity index (χ1v) is 7.06. The number of nitrogens with one attached hydrogen (secondary N) is 2. The van der Waals surface area contributed by atoms with Crippen LogP contribution in [0.2, 0.25) is 0 Å². The van der Waals surface area contributed by atoms with Crippen molar-refractivity contribution in [3.05, 3.63) is 0 Å². The quantitative estimate of drug-likeness (QED) is 0.684. The van der Waals surface area contributed by atoms with E-state index in [1.54, 1.807) is 0 Å². The molecule has 6 heteroatoms. The van der Waals surface area contributed by atoms with Crippen molar-refractivity contribution in [2.45, 2.75) is 38.6 Å². The fourth-order valence-electron chi connectivity index (χ4n) is 2.56. The van der Waals surface area contributed by atoms with Crippen LogP contribution in [0.15, 0.2) is 0 Å². The average molecular weight is 269 g/mol. The fraction of sp³-hybridized carbons (Fsp3) is 0.846. The molecule has 108 valence electrons. The second kappa shape index (κ2) is 5.77. The van der Waals surface area contributed by atoms with Gasteiger partial charge in [-0.2, -0.15) is 0 Å². The predicted molar refractivity (Wildman–Crippen MR) is 71.0 cm³/mol. The summed E-state index contributed by atoms with van der Waals surface area (Å²) in [5.74, 6) is -0.803. The van der Waals surface area contributed by atoms with Crippen LogP contribution in [0.4, 0.5) is 4.79 Å². The van der Waals surface area contributed by atoms with Crippen molar-refractivity contribution in [2.24, 2.45) is 5.41 Å². The molecule has 0 spiro atoms. The third kappa shape index (κ3) is 3.59. The van der Waals surface area contributed by atoms with Gasteiger partial charge in [-0.3, -0.25) is 4.79 Å². The van der Waals surface area contributed by atoms with Crippen molar-refractivity contribution in [1.82, 2.24) is 15.5 Å². The van der Waals surface area contributed by atoms with Crippen molar-refractivity contribution >= 4 is 12.0 Å². The predicted octanol–water partition coefficient (Wildman–Crippen LogP) is 0.635. The van der Waals surface area contributed by atoms with Gasteiger partial charge in [-0.05, 0) is 38.8 Å². The van der Waals surface area contributed by atoms with Crippen LogP contribution in [0, 0.1) is 5.41 Å². The first-order valence-electron chi connectivity index (χ1n) is 7.06. The maximum atomic E-state index is 11.8. The first kappa shape index (κ1) is 14.1. The minimum Gasteiger partial charge on any atom is -0.481 e. The highest BCUT2D eigenvalue weighted by Crippen LogP contribution is 2.45. The molecule has 2 amide bonds. The van der Waals surface area contributed by atoms with Crippen molar-refractivity contribution in [1.29, 1.82) is 0 Å². The van der Waals surface area contributed by atoms with E-state index in [-0.39, 0.29) is 18.6 Å². The van der Waals surface area contributed by atoms with Crippen LogP contribution in [-0.2, 0) is 4.79 Å². The number of hydrogen-bond acceptors (Lipinski definition) is 3. The second-order valence-electron chi connectivity index (χ2n) is 5.64. The molecule has 0 aromatic heterocycles. The van der Waals surface area contributed by atoms with E-state index in [0.29, 0.717) is 12.8 Å². The summed E-state index contributed by atoms with van der Waals surface area (Å²) in [4.78, 5) is 25.1. The van der Waals surface area contributed by atoms with Gasteiger partial charge in [0.05, 0.1) is 5.41 Å². The van der Waals surface area contributed by atoms with E-state index in [9.17, 15) is 9.59 Å². The molecule has 19 heavy (non-hydrogen) atoms. The summed E-state index contributed by atoms with van der Waals surface area (Å²) in [6.07, 6.45) is 3.41. The van der Waals surface area contributed by atoms with E-state index in [0.717, 1.165) is 32.5 Å². The number of likely N-dealkylation sites (N-methyl/N-ethyl adjacent to an activating group) is 1. The number of carboxylic acids is 1. The SMILES string of the molecule is CCN1CCCC(NC(=O)NCC2(C(=O)O)CC2)C1. The van der Waals surface area contributed by atoms with Gasteiger partial charge in [-0.1, -0.05) is 6.92 Å². The highest BCUT2D eigenvalue weighted by Gasteiger charge is 2.50. The number of carboxylic acid groups (broad SMARTS) is 1. The monoisotopic (exact) mass is 269 g/mol. The molecular weight excluding hydrogens is 246 g/mol. The molecule has 3 N–H and O–H groups in total. The van der Waals surface area contributed by atoms with E-state index < -0.39 is 11.4 Å². The Morgan fingerprint density at radius 1 is 1.42 bits per heavy atom. The molecule has 0 radical (unpaired) electrons. The van der Waals surface area contributed by atoms with Gasteiger partial charge in [-0.25, -0.2) is 4.79 Å². The Labute approximate surface area is 113 Å². The lowest BCUT2D eigenvalue weighted by Gasteiger charge is -2.32. The van der Waals surface area contributed by atoms with Crippen LogP contribution in [0.5, 0.6) is 0 Å². The Balaban J connectivity index is 1.71. The molecule has 1 unspecified atom stereocenters. The maximum absolute atomic E-state index is 11.8. The Bertz CT molecular complexity index is 355. The molecule has 1 aliphatic heterocycles. The Kier molecular flexibility index (Phi) is 4.29. The van der Waals surface area contributed by atoms with E-state index >= 15 is 0 Å². The topological polar surface area (TPSA) is 81.7 Å². The largest absolute Gasteiger partial charge is 0.481 e. The first-order chi connectivity index (χ1) is 9.05. The third-order valence-electron chi connectivity index (χ3n) is 4.18. The van der Waals surface area contributed by atoms with Gasteiger partial charge in [0, 0.05) is 19.1 Å². The van der Waals surface area contributed by atoms with Crippen molar-refractivity contribution in [2.75, 3.05) is 26.2 Å². The molecule has 2 rings (SSSR count). The molecule has 6 nitrogen and oxygen atoms in total. The summed E-state index contributed by atoms with van der Waals surface area (Å²) in [6, 6.07) is -0.0656. The lowest BCUT2D eigenvalue weighted by Crippen LogP contribution is -2.51. The fourth-order valence-corrected chi connectivity index (χ4v) is 2.56. The highest BCUT2D eigenvalue weighted by atomic mass is 16.4. The summed E-state index contributed by atoms with van der Waals surface area (Å²) >= 11 is 0. The number of hydrogen-bond donors (Lipinski definition) is 3. The Hall–Kier alpha value is -1.30. The number of amides is 2. The summed E-state index contributed by atoms with van der Waals surface area (Å²) in [5.41, 5.74) is -0.695. The third-order valence-corrected chi connectivity index (χ3v) is 4.18. The molecule has 1 saturated heterocycles. The Morgan fingerprint density at radius 2 is 2.16 bits per heavy atom. The summed E-state index contributed by atoms with van der Waals surface area (Å²) in [5, 5.41) is 14.7. The molecule has 1 saturated carbocycles. The van der Waals surface area contributed by atoms with Crippen molar-refractivity contribution < 1.29 is 14.7 Å². The van der Waals surface area contributed by atoms with Gasteiger partial charge in [0.15, 0.2) is 0 Å². The molecule has 1 atom stereocenters. The second-order valence-corrected chi connectivity index (χ2v) is 5.64. The molecule has 1 aliphatic carbocycles. The van der Waals surface area contributed by atoms with E-state index in [2.05, 4.69) is 22.5 Å². The number of rotatable bonds is 5. The van der Waals surface area contributed by atoms with Crippen LogP contribution in [0.1, 0.15) is 32.6 Å². The van der Waals surface area contributed by atoms with Gasteiger partial charge in [0.2, 0.25) is 0 Å².